The second-order valence-corrected chi connectivity index (χ2v) is 12.0. The highest BCUT2D eigenvalue weighted by Gasteiger charge is 2.35. The van der Waals surface area contributed by atoms with E-state index in [1.54, 1.807) is 38.2 Å². The van der Waals surface area contributed by atoms with Gasteiger partial charge in [-0.25, -0.2) is 4.79 Å². The third-order valence-corrected chi connectivity index (χ3v) is 8.03. The summed E-state index contributed by atoms with van der Waals surface area (Å²) in [5.74, 6) is -2.75. The number of Topliss-reactive ketones (excluding diaryl/α,β-unsaturated/α-hetero) is 1. The molecule has 0 saturated carbocycles. The Bertz CT molecular complexity index is 1380. The highest BCUT2D eigenvalue weighted by Crippen LogP contribution is 2.30. The van der Waals surface area contributed by atoms with Crippen LogP contribution in [0.3, 0.4) is 0 Å². The number of rotatable bonds is 10. The molecule has 0 radical (unpaired) electrons. The number of ketones is 2. The van der Waals surface area contributed by atoms with Crippen LogP contribution in [0.15, 0.2) is 71.1 Å². The lowest BCUT2D eigenvalue weighted by molar-refractivity contribution is -0.160. The van der Waals surface area contributed by atoms with Crippen LogP contribution in [0, 0.1) is 11.8 Å². The zero-order valence-corrected chi connectivity index (χ0v) is 28.7. The van der Waals surface area contributed by atoms with Gasteiger partial charge in [-0.1, -0.05) is 44.2 Å². The molecule has 48 heavy (non-hydrogen) atoms. The van der Waals surface area contributed by atoms with E-state index < -0.39 is 59.9 Å². The van der Waals surface area contributed by atoms with Crippen LogP contribution >= 0.6 is 0 Å². The quantitative estimate of drug-likeness (QED) is 0.151. The fourth-order valence-corrected chi connectivity index (χ4v) is 5.58. The molecule has 6 atom stereocenters. The van der Waals surface area contributed by atoms with Gasteiger partial charge in [0.05, 0.1) is 17.5 Å². The minimum absolute atomic E-state index is 0.105. The summed E-state index contributed by atoms with van der Waals surface area (Å²) < 4.78 is 23.0. The Morgan fingerprint density at radius 2 is 1.83 bits per heavy atom. The van der Waals surface area contributed by atoms with Crippen molar-refractivity contribution in [3.8, 4) is 0 Å². The molecular formula is C35H50N4O9. The van der Waals surface area contributed by atoms with Gasteiger partial charge in [0.1, 0.15) is 12.2 Å². The lowest BCUT2D eigenvalue weighted by Gasteiger charge is -2.32. The molecule has 0 aromatic rings. The third kappa shape index (κ3) is 11.4. The molecule has 1 aliphatic carbocycles. The van der Waals surface area contributed by atoms with Gasteiger partial charge in [-0.05, 0) is 51.1 Å². The molecule has 2 bridgehead atoms. The van der Waals surface area contributed by atoms with Gasteiger partial charge in [-0.3, -0.25) is 19.2 Å². The summed E-state index contributed by atoms with van der Waals surface area (Å²) in [6.07, 6.45) is 5.81. The van der Waals surface area contributed by atoms with Crippen LogP contribution in [0.25, 0.3) is 0 Å². The summed E-state index contributed by atoms with van der Waals surface area (Å²) in [4.78, 5) is 64.9. The van der Waals surface area contributed by atoms with Crippen molar-refractivity contribution in [3.05, 3.63) is 71.1 Å². The molecule has 2 rings (SSSR count). The molecule has 2 unspecified atom stereocenters. The van der Waals surface area contributed by atoms with Gasteiger partial charge in [0.2, 0.25) is 11.6 Å². The molecule has 0 aromatic carbocycles. The Morgan fingerprint density at radius 3 is 2.44 bits per heavy atom. The van der Waals surface area contributed by atoms with Gasteiger partial charge >= 0.3 is 12.1 Å². The normalized spacial score (nSPS) is 29.0. The molecular weight excluding hydrogens is 620 g/mol. The maximum atomic E-state index is 13.8. The van der Waals surface area contributed by atoms with Crippen molar-refractivity contribution in [2.24, 2.45) is 23.3 Å². The molecule has 0 saturated heterocycles. The standard InChI is InChI=1S/C35H50N4O9/c1-8-15-38-30-24-16-20(2)17-28(46-7)33(47-29(41)13-10-14-36)23(5)18-22(4)32(48-35(37)44)27(45-6)12-9-11-21(3)34(43)39-25(31(24)42)19-26(30)40/h8-9,11-12,18-20,23,27-28,32-33,38H,1,10,13-17,36H2,2-7H3,(H2,37,44)(H,39,43)/b12-9-,21-11+,22-18+/t20?,23-,27-,28?,32-,33+/m1/s1. The zero-order valence-electron chi connectivity index (χ0n) is 28.7. The molecule has 0 fully saturated rings. The van der Waals surface area contributed by atoms with Crippen molar-refractivity contribution in [3.63, 3.8) is 0 Å². The summed E-state index contributed by atoms with van der Waals surface area (Å²) in [7, 11) is 2.92. The van der Waals surface area contributed by atoms with Crippen molar-refractivity contribution >= 4 is 29.5 Å². The maximum absolute atomic E-state index is 13.8. The molecule has 264 valence electrons. The van der Waals surface area contributed by atoms with E-state index in [1.807, 2.05) is 13.8 Å². The van der Waals surface area contributed by atoms with Crippen molar-refractivity contribution in [2.75, 3.05) is 27.3 Å². The number of ether oxygens (including phenoxy) is 4. The van der Waals surface area contributed by atoms with Crippen LogP contribution in [0.2, 0.25) is 0 Å². The summed E-state index contributed by atoms with van der Waals surface area (Å²) >= 11 is 0. The number of fused-ring (bicyclic) bond motifs is 2. The van der Waals surface area contributed by atoms with Crippen molar-refractivity contribution in [1.29, 1.82) is 0 Å². The number of nitrogens with two attached hydrogens (primary N) is 2. The zero-order chi connectivity index (χ0) is 36.0. The van der Waals surface area contributed by atoms with Crippen LogP contribution in [-0.2, 0) is 38.1 Å². The number of carbonyl (C=O) groups is 5. The first-order valence-corrected chi connectivity index (χ1v) is 15.9. The number of primary amides is 1. The SMILES string of the molecule is C=CCNC1=C2CC(C)CC(OC)[C@@H](OC(=O)CCCN)[C@H](C)/C=C(\C)[C@@H](OC(N)=O)[C@H](OC)/C=C\C=C(/C)C(=O)NC(=CC1=O)C2=O. The molecule has 2 aliphatic rings. The topological polar surface area (TPSA) is 198 Å². The van der Waals surface area contributed by atoms with Gasteiger partial charge in [0.15, 0.2) is 6.10 Å². The molecule has 6 N–H and O–H groups in total. The molecule has 1 heterocycles. The third-order valence-electron chi connectivity index (χ3n) is 8.03. The van der Waals surface area contributed by atoms with Gasteiger partial charge in [0.25, 0.3) is 5.91 Å². The molecule has 0 aromatic heterocycles. The summed E-state index contributed by atoms with van der Waals surface area (Å²) in [5, 5.41) is 5.55. The predicted octanol–water partition coefficient (Wildman–Crippen LogP) is 2.83. The van der Waals surface area contributed by atoms with Crippen LogP contribution < -0.4 is 22.1 Å². The lowest BCUT2D eigenvalue weighted by atomic mass is 9.85. The average Bonchev–Trinajstić information content (AvgIpc) is 3.03. The van der Waals surface area contributed by atoms with Crippen LogP contribution in [0.4, 0.5) is 4.79 Å². The summed E-state index contributed by atoms with van der Waals surface area (Å²) in [6.45, 7) is 11.2. The van der Waals surface area contributed by atoms with E-state index in [0.717, 1.165) is 6.08 Å². The van der Waals surface area contributed by atoms with Crippen molar-refractivity contribution in [1.82, 2.24) is 10.6 Å². The minimum atomic E-state index is -1.02. The van der Waals surface area contributed by atoms with E-state index in [9.17, 15) is 24.0 Å². The van der Waals surface area contributed by atoms with Gasteiger partial charge in [0, 0.05) is 50.3 Å². The molecule has 2 amide bonds. The summed E-state index contributed by atoms with van der Waals surface area (Å²) in [6, 6.07) is 0. The molecule has 13 nitrogen and oxygen atoms in total. The maximum Gasteiger partial charge on any atom is 0.405 e. The van der Waals surface area contributed by atoms with Crippen LogP contribution in [0.5, 0.6) is 0 Å². The van der Waals surface area contributed by atoms with E-state index in [-0.39, 0.29) is 47.8 Å². The minimum Gasteiger partial charge on any atom is -0.459 e. The number of hydrogen-bond acceptors (Lipinski definition) is 11. The number of nitrogens with one attached hydrogen (secondary N) is 2. The Morgan fingerprint density at radius 1 is 1.12 bits per heavy atom. The van der Waals surface area contributed by atoms with E-state index >= 15 is 0 Å². The van der Waals surface area contributed by atoms with Gasteiger partial charge in [-0.15, -0.1) is 6.58 Å². The van der Waals surface area contributed by atoms with Gasteiger partial charge < -0.3 is 41.0 Å². The number of hydrogen-bond donors (Lipinski definition) is 4. The van der Waals surface area contributed by atoms with E-state index in [1.165, 1.54) is 20.3 Å². The second-order valence-electron chi connectivity index (χ2n) is 12.0. The first kappa shape index (κ1) is 39.8. The fraction of sp³-hybridized carbons (Fsp3) is 0.514. The monoisotopic (exact) mass is 670 g/mol. The Labute approximate surface area is 282 Å². The predicted molar refractivity (Wildman–Crippen MR) is 180 cm³/mol. The number of allylic oxidation sites excluding steroid dienone is 4. The molecule has 1 aliphatic heterocycles. The van der Waals surface area contributed by atoms with Crippen LogP contribution in [-0.4, -0.2) is 81.3 Å². The second kappa shape index (κ2) is 19.5. The summed E-state index contributed by atoms with van der Waals surface area (Å²) in [5.41, 5.74) is 12.0. The number of esters is 1. The van der Waals surface area contributed by atoms with E-state index in [4.69, 9.17) is 30.4 Å². The Kier molecular flexibility index (Phi) is 16.2. The number of amides is 2. The van der Waals surface area contributed by atoms with E-state index in [2.05, 4.69) is 17.2 Å². The molecule has 0 spiro atoms. The average molecular weight is 671 g/mol. The number of carbonyl (C=O) groups excluding carboxylic acids is 5. The smallest absolute Gasteiger partial charge is 0.405 e. The van der Waals surface area contributed by atoms with Gasteiger partial charge in [-0.2, -0.15) is 0 Å². The number of methoxy groups -OCH3 is 2. The Hall–Kier alpha value is -4.33. The first-order chi connectivity index (χ1) is 22.8. The Balaban J connectivity index is 2.73. The van der Waals surface area contributed by atoms with E-state index in [0.29, 0.717) is 25.0 Å². The van der Waals surface area contributed by atoms with Crippen molar-refractivity contribution < 1.29 is 42.9 Å². The van der Waals surface area contributed by atoms with Crippen molar-refractivity contribution in [2.45, 2.75) is 77.8 Å². The highest BCUT2D eigenvalue weighted by molar-refractivity contribution is 6.23. The molecule has 13 heteroatoms. The first-order valence-electron chi connectivity index (χ1n) is 15.9. The largest absolute Gasteiger partial charge is 0.459 e. The fourth-order valence-electron chi connectivity index (χ4n) is 5.58. The lowest BCUT2D eigenvalue weighted by Crippen LogP contribution is -2.40. The van der Waals surface area contributed by atoms with Crippen LogP contribution in [0.1, 0.15) is 53.4 Å². The highest BCUT2D eigenvalue weighted by atomic mass is 16.6.